The molecule has 0 amide bonds. The van der Waals surface area contributed by atoms with Gasteiger partial charge in [0.05, 0.1) is 15.9 Å². The molecule has 122 valence electrons. The topological polar surface area (TPSA) is 120 Å². The number of pyridine rings is 1. The van der Waals surface area contributed by atoms with E-state index in [1.807, 2.05) is 13.8 Å². The summed E-state index contributed by atoms with van der Waals surface area (Å²) in [4.78, 5) is 33.0. The van der Waals surface area contributed by atoms with Gasteiger partial charge in [-0.1, -0.05) is 13.8 Å². The summed E-state index contributed by atoms with van der Waals surface area (Å²) in [6, 6.07) is 3.40. The van der Waals surface area contributed by atoms with Crippen LogP contribution in [0.15, 0.2) is 23.0 Å². The molecule has 0 saturated heterocycles. The van der Waals surface area contributed by atoms with Crippen LogP contribution in [0.25, 0.3) is 10.9 Å². The number of aromatic nitrogens is 1. The molecule has 0 radical (unpaired) electrons. The van der Waals surface area contributed by atoms with Crippen molar-refractivity contribution in [3.8, 4) is 0 Å². The third kappa shape index (κ3) is 3.12. The van der Waals surface area contributed by atoms with Gasteiger partial charge in [-0.3, -0.25) is 25.0 Å². The van der Waals surface area contributed by atoms with Gasteiger partial charge < -0.3 is 9.88 Å². The van der Waals surface area contributed by atoms with E-state index in [9.17, 15) is 25.0 Å². The first-order chi connectivity index (χ1) is 10.7. The first-order valence-corrected chi connectivity index (χ1v) is 6.92. The van der Waals surface area contributed by atoms with Crippen molar-refractivity contribution in [3.05, 3.63) is 48.8 Å². The molecule has 1 aromatic heterocycles. The average Bonchev–Trinajstić information content (AvgIpc) is 2.47. The first-order valence-electron chi connectivity index (χ1n) is 6.92. The Bertz CT molecular complexity index is 856. The van der Waals surface area contributed by atoms with Crippen molar-refractivity contribution in [2.45, 2.75) is 13.8 Å². The predicted octanol–water partition coefficient (Wildman–Crippen LogP) is 2.42. The molecule has 1 heterocycles. The van der Waals surface area contributed by atoms with E-state index in [1.165, 1.54) is 19.2 Å². The number of anilines is 1. The summed E-state index contributed by atoms with van der Waals surface area (Å²) >= 11 is 0. The van der Waals surface area contributed by atoms with Gasteiger partial charge in [-0.2, -0.15) is 0 Å². The van der Waals surface area contributed by atoms with E-state index in [0.717, 1.165) is 10.6 Å². The average molecular weight is 320 g/mol. The third-order valence-corrected chi connectivity index (χ3v) is 3.41. The van der Waals surface area contributed by atoms with E-state index in [1.54, 1.807) is 0 Å². The van der Waals surface area contributed by atoms with E-state index in [-0.39, 0.29) is 16.8 Å². The molecule has 0 aliphatic rings. The summed E-state index contributed by atoms with van der Waals surface area (Å²) in [5.41, 5.74) is -0.888. The Morgan fingerprint density at radius 1 is 1.17 bits per heavy atom. The van der Waals surface area contributed by atoms with Crippen molar-refractivity contribution in [1.82, 2.24) is 4.57 Å². The largest absolute Gasteiger partial charge is 0.384 e. The molecule has 0 saturated carbocycles. The van der Waals surface area contributed by atoms with Crippen molar-refractivity contribution < 1.29 is 9.85 Å². The van der Waals surface area contributed by atoms with Crippen LogP contribution in [0.5, 0.6) is 0 Å². The second-order valence-electron chi connectivity index (χ2n) is 5.61. The minimum atomic E-state index is -0.721. The molecule has 23 heavy (non-hydrogen) atoms. The highest BCUT2D eigenvalue weighted by molar-refractivity contribution is 5.98. The van der Waals surface area contributed by atoms with Crippen molar-refractivity contribution in [1.29, 1.82) is 0 Å². The molecule has 0 bridgehead atoms. The molecule has 9 nitrogen and oxygen atoms in total. The maximum atomic E-state index is 12.1. The van der Waals surface area contributed by atoms with Gasteiger partial charge in [0.2, 0.25) is 0 Å². The fourth-order valence-electron chi connectivity index (χ4n) is 2.28. The summed E-state index contributed by atoms with van der Waals surface area (Å²) in [5, 5.41) is 25.6. The van der Waals surface area contributed by atoms with E-state index < -0.39 is 26.8 Å². The maximum Gasteiger partial charge on any atom is 0.300 e. The lowest BCUT2D eigenvalue weighted by Gasteiger charge is -2.13. The molecule has 0 atom stereocenters. The monoisotopic (exact) mass is 320 g/mol. The molecule has 1 aromatic carbocycles. The Labute approximate surface area is 130 Å². The molecule has 0 spiro atoms. The number of hydrogen-bond acceptors (Lipinski definition) is 6. The number of fused-ring (bicyclic) bond motifs is 1. The summed E-state index contributed by atoms with van der Waals surface area (Å²) in [5.74, 6) is 0.266. The molecule has 0 unspecified atom stereocenters. The molecule has 0 fully saturated rings. The van der Waals surface area contributed by atoms with E-state index in [0.29, 0.717) is 12.2 Å². The van der Waals surface area contributed by atoms with Crippen molar-refractivity contribution in [3.63, 3.8) is 0 Å². The number of nitro groups is 2. The van der Waals surface area contributed by atoms with Gasteiger partial charge in [-0.05, 0) is 5.92 Å². The lowest BCUT2D eigenvalue weighted by molar-refractivity contribution is -0.393. The number of nitrogens with zero attached hydrogens (tertiary/aromatic N) is 3. The minimum absolute atomic E-state index is 0.0550. The summed E-state index contributed by atoms with van der Waals surface area (Å²) in [7, 11) is 1.40. The molecular formula is C14H16N4O5. The molecule has 0 aliphatic carbocycles. The molecule has 1 N–H and O–H groups in total. The van der Waals surface area contributed by atoms with E-state index in [2.05, 4.69) is 5.32 Å². The normalized spacial score (nSPS) is 11.0. The number of nitrogens with one attached hydrogen (secondary N) is 1. The van der Waals surface area contributed by atoms with Crippen molar-refractivity contribution >= 4 is 28.0 Å². The number of rotatable bonds is 5. The Hall–Kier alpha value is -2.97. The predicted molar refractivity (Wildman–Crippen MR) is 85.8 cm³/mol. The maximum absolute atomic E-state index is 12.1. The molecule has 2 rings (SSSR count). The van der Waals surface area contributed by atoms with Crippen molar-refractivity contribution in [2.24, 2.45) is 13.0 Å². The molecule has 0 aliphatic heterocycles. The smallest absolute Gasteiger partial charge is 0.300 e. The highest BCUT2D eigenvalue weighted by atomic mass is 16.6. The molecule has 2 aromatic rings. The van der Waals surface area contributed by atoms with Crippen LogP contribution >= 0.6 is 0 Å². The van der Waals surface area contributed by atoms with Gasteiger partial charge in [0.15, 0.2) is 0 Å². The van der Waals surface area contributed by atoms with Crippen LogP contribution in [0.4, 0.5) is 17.1 Å². The lowest BCUT2D eigenvalue weighted by atomic mass is 10.1. The van der Waals surface area contributed by atoms with Crippen LogP contribution in [-0.2, 0) is 7.05 Å². The zero-order chi connectivity index (χ0) is 17.3. The standard InChI is InChI=1S/C14H16N4O5/c1-8(2)7-15-11-6-13(19)16(3)14-10(11)4-9(17(20)21)5-12(14)18(22)23/h4-6,8,15H,7H2,1-3H3. The van der Waals surface area contributed by atoms with Crippen molar-refractivity contribution in [2.75, 3.05) is 11.9 Å². The molecular weight excluding hydrogens is 304 g/mol. The highest BCUT2D eigenvalue weighted by Crippen LogP contribution is 2.33. The van der Waals surface area contributed by atoms with Gasteiger partial charge >= 0.3 is 5.69 Å². The summed E-state index contributed by atoms with van der Waals surface area (Å²) in [6.45, 7) is 4.45. The van der Waals surface area contributed by atoms with Crippen LogP contribution in [0, 0.1) is 26.1 Å². The SMILES string of the molecule is CC(C)CNc1cc(=O)n(C)c2c([N+](=O)[O-])cc([N+](=O)[O-])cc12. The minimum Gasteiger partial charge on any atom is -0.384 e. The van der Waals surface area contributed by atoms with Gasteiger partial charge in [0.1, 0.15) is 5.52 Å². The fraction of sp³-hybridized carbons (Fsp3) is 0.357. The van der Waals surface area contributed by atoms with Crippen LogP contribution in [-0.4, -0.2) is 21.0 Å². The fourth-order valence-corrected chi connectivity index (χ4v) is 2.28. The number of benzene rings is 1. The van der Waals surface area contributed by atoms with Gasteiger partial charge in [-0.25, -0.2) is 0 Å². The lowest BCUT2D eigenvalue weighted by Crippen LogP contribution is -2.19. The zero-order valence-electron chi connectivity index (χ0n) is 12.9. The van der Waals surface area contributed by atoms with E-state index in [4.69, 9.17) is 0 Å². The van der Waals surface area contributed by atoms with Crippen LogP contribution in [0.3, 0.4) is 0 Å². The van der Waals surface area contributed by atoms with E-state index >= 15 is 0 Å². The van der Waals surface area contributed by atoms with Gasteiger partial charge in [0, 0.05) is 36.8 Å². The number of nitro benzene ring substituents is 2. The third-order valence-electron chi connectivity index (χ3n) is 3.41. The number of non-ortho nitro benzene ring substituents is 2. The summed E-state index contributed by atoms with van der Waals surface area (Å²) in [6.07, 6.45) is 0. The summed E-state index contributed by atoms with van der Waals surface area (Å²) < 4.78 is 1.12. The second kappa shape index (κ2) is 6.03. The Balaban J connectivity index is 2.87. The first kappa shape index (κ1) is 16.4. The quantitative estimate of drug-likeness (QED) is 0.667. The Morgan fingerprint density at radius 3 is 2.35 bits per heavy atom. The highest BCUT2D eigenvalue weighted by Gasteiger charge is 2.23. The van der Waals surface area contributed by atoms with Crippen LogP contribution in [0.1, 0.15) is 13.8 Å². The number of hydrogen-bond donors (Lipinski definition) is 1. The number of aryl methyl sites for hydroxylation is 1. The second-order valence-corrected chi connectivity index (χ2v) is 5.61. The van der Waals surface area contributed by atoms with Crippen LogP contribution < -0.4 is 10.9 Å². The zero-order valence-corrected chi connectivity index (χ0v) is 12.9. The van der Waals surface area contributed by atoms with Crippen LogP contribution in [0.2, 0.25) is 0 Å². The van der Waals surface area contributed by atoms with Gasteiger partial charge in [0.25, 0.3) is 11.2 Å². The molecule has 9 heteroatoms. The Morgan fingerprint density at radius 2 is 1.83 bits per heavy atom. The van der Waals surface area contributed by atoms with Gasteiger partial charge in [-0.15, -0.1) is 0 Å². The Kier molecular flexibility index (Phi) is 4.30.